The van der Waals surface area contributed by atoms with Gasteiger partial charge in [-0.1, -0.05) is 36.4 Å². The third-order valence-corrected chi connectivity index (χ3v) is 5.05. The number of nitrogens with zero attached hydrogens (tertiary/aromatic N) is 2. The summed E-state index contributed by atoms with van der Waals surface area (Å²) in [5, 5.41) is 0. The van der Waals surface area contributed by atoms with E-state index in [9.17, 15) is 9.59 Å². The van der Waals surface area contributed by atoms with Gasteiger partial charge in [0.2, 0.25) is 11.8 Å². The molecule has 4 nitrogen and oxygen atoms in total. The number of rotatable bonds is 4. The number of para-hydroxylation sites is 2. The number of fused-ring (bicyclic) bond motifs is 1. The lowest BCUT2D eigenvalue weighted by Crippen LogP contribution is -2.39. The summed E-state index contributed by atoms with van der Waals surface area (Å²) in [5.74, 6) is 0.0453. The molecule has 136 valence electrons. The number of aryl methyl sites for hydroxylation is 3. The molecule has 0 unspecified atom stereocenters. The van der Waals surface area contributed by atoms with Crippen LogP contribution in [0.3, 0.4) is 0 Å². The average Bonchev–Trinajstić information content (AvgIpc) is 2.63. The molecule has 26 heavy (non-hydrogen) atoms. The Morgan fingerprint density at radius 3 is 2.42 bits per heavy atom. The molecule has 0 fully saturated rings. The van der Waals surface area contributed by atoms with Crippen LogP contribution < -0.4 is 9.80 Å². The topological polar surface area (TPSA) is 40.6 Å². The molecular weight excluding hydrogens is 324 g/mol. The van der Waals surface area contributed by atoms with Crippen molar-refractivity contribution in [1.29, 1.82) is 0 Å². The first-order valence-corrected chi connectivity index (χ1v) is 9.21. The summed E-state index contributed by atoms with van der Waals surface area (Å²) in [7, 11) is 0. The van der Waals surface area contributed by atoms with Gasteiger partial charge in [0.1, 0.15) is 0 Å². The van der Waals surface area contributed by atoms with Crippen LogP contribution in [-0.4, -0.2) is 24.9 Å². The van der Waals surface area contributed by atoms with Crippen LogP contribution >= 0.6 is 0 Å². The quantitative estimate of drug-likeness (QED) is 0.835. The number of carbonyl (C=O) groups excluding carboxylic acids is 2. The summed E-state index contributed by atoms with van der Waals surface area (Å²) >= 11 is 0. The lowest BCUT2D eigenvalue weighted by molar-refractivity contribution is -0.118. The molecule has 0 aliphatic carbocycles. The standard InChI is InChI=1S/C22H26N2O2/c1-16-8-6-9-17(2)22(16)23(18(3)25)15-13-21(26)24-14-7-11-19-10-4-5-12-20(19)24/h4-6,8-10,12H,7,11,13-15H2,1-3H3. The van der Waals surface area contributed by atoms with Crippen LogP contribution in [0.2, 0.25) is 0 Å². The van der Waals surface area contributed by atoms with Crippen LogP contribution in [0.1, 0.15) is 36.5 Å². The average molecular weight is 350 g/mol. The molecule has 0 saturated heterocycles. The summed E-state index contributed by atoms with van der Waals surface area (Å²) in [6.45, 7) is 6.71. The summed E-state index contributed by atoms with van der Waals surface area (Å²) in [4.78, 5) is 28.7. The fourth-order valence-electron chi connectivity index (χ4n) is 3.79. The van der Waals surface area contributed by atoms with Gasteiger partial charge >= 0.3 is 0 Å². The lowest BCUT2D eigenvalue weighted by atomic mass is 10.0. The summed E-state index contributed by atoms with van der Waals surface area (Å²) in [6, 6.07) is 14.1. The maximum Gasteiger partial charge on any atom is 0.228 e. The summed E-state index contributed by atoms with van der Waals surface area (Å²) in [6.07, 6.45) is 2.32. The van der Waals surface area contributed by atoms with Crippen LogP contribution in [0.25, 0.3) is 0 Å². The predicted molar refractivity (Wildman–Crippen MR) is 106 cm³/mol. The van der Waals surface area contributed by atoms with E-state index < -0.39 is 0 Å². The van der Waals surface area contributed by atoms with Gasteiger partial charge in [0.05, 0.1) is 0 Å². The van der Waals surface area contributed by atoms with Crippen LogP contribution in [0.5, 0.6) is 0 Å². The first kappa shape index (κ1) is 18.2. The lowest BCUT2D eigenvalue weighted by Gasteiger charge is -2.31. The zero-order valence-corrected chi connectivity index (χ0v) is 15.8. The fraction of sp³-hybridized carbons (Fsp3) is 0.364. The molecule has 0 atom stereocenters. The van der Waals surface area contributed by atoms with Gasteiger partial charge in [-0.05, 0) is 49.4 Å². The molecule has 0 bridgehead atoms. The van der Waals surface area contributed by atoms with Gasteiger partial charge in [0, 0.05) is 37.8 Å². The zero-order valence-electron chi connectivity index (χ0n) is 15.8. The molecule has 0 saturated carbocycles. The van der Waals surface area contributed by atoms with Gasteiger partial charge in [-0.3, -0.25) is 9.59 Å². The Hall–Kier alpha value is -2.62. The van der Waals surface area contributed by atoms with Crippen molar-refractivity contribution in [3.8, 4) is 0 Å². The minimum Gasteiger partial charge on any atom is -0.312 e. The van der Waals surface area contributed by atoms with Crippen molar-refractivity contribution < 1.29 is 9.59 Å². The van der Waals surface area contributed by atoms with Crippen molar-refractivity contribution >= 4 is 23.2 Å². The van der Waals surface area contributed by atoms with Crippen molar-refractivity contribution in [2.24, 2.45) is 0 Å². The molecule has 1 aliphatic rings. The highest BCUT2D eigenvalue weighted by Gasteiger charge is 2.24. The maximum absolute atomic E-state index is 12.9. The number of hydrogen-bond acceptors (Lipinski definition) is 2. The number of anilines is 2. The Morgan fingerprint density at radius 2 is 1.73 bits per heavy atom. The van der Waals surface area contributed by atoms with Crippen molar-refractivity contribution in [1.82, 2.24) is 0 Å². The minimum absolute atomic E-state index is 0.0331. The molecule has 0 spiro atoms. The molecule has 1 heterocycles. The predicted octanol–water partition coefficient (Wildman–Crippen LogP) is 4.03. The third-order valence-electron chi connectivity index (χ3n) is 5.05. The molecule has 0 aromatic heterocycles. The van der Waals surface area contributed by atoms with Gasteiger partial charge < -0.3 is 9.80 Å². The number of hydrogen-bond donors (Lipinski definition) is 0. The monoisotopic (exact) mass is 350 g/mol. The zero-order chi connectivity index (χ0) is 18.7. The van der Waals surface area contributed by atoms with Crippen molar-refractivity contribution in [2.45, 2.75) is 40.0 Å². The fourth-order valence-corrected chi connectivity index (χ4v) is 3.79. The van der Waals surface area contributed by atoms with Crippen LogP contribution in [0, 0.1) is 13.8 Å². The van der Waals surface area contributed by atoms with Gasteiger partial charge in [-0.15, -0.1) is 0 Å². The van der Waals surface area contributed by atoms with Crippen LogP contribution in [0.15, 0.2) is 42.5 Å². The van der Waals surface area contributed by atoms with Gasteiger partial charge in [0.15, 0.2) is 0 Å². The van der Waals surface area contributed by atoms with Crippen LogP contribution in [-0.2, 0) is 16.0 Å². The number of benzene rings is 2. The van der Waals surface area contributed by atoms with E-state index >= 15 is 0 Å². The molecule has 4 heteroatoms. The van der Waals surface area contributed by atoms with E-state index in [2.05, 4.69) is 6.07 Å². The highest BCUT2D eigenvalue weighted by molar-refractivity contribution is 5.97. The van der Waals surface area contributed by atoms with E-state index in [0.29, 0.717) is 13.0 Å². The van der Waals surface area contributed by atoms with Gasteiger partial charge in [0.25, 0.3) is 0 Å². The van der Waals surface area contributed by atoms with E-state index in [-0.39, 0.29) is 11.8 Å². The molecule has 2 aromatic carbocycles. The Morgan fingerprint density at radius 1 is 1.04 bits per heavy atom. The van der Waals surface area contributed by atoms with E-state index in [1.807, 2.05) is 55.1 Å². The summed E-state index contributed by atoms with van der Waals surface area (Å²) in [5.41, 5.74) is 5.27. The number of amides is 2. The number of carbonyl (C=O) groups is 2. The Kier molecular flexibility index (Phi) is 5.40. The highest BCUT2D eigenvalue weighted by atomic mass is 16.2. The van der Waals surface area contributed by atoms with E-state index in [1.54, 1.807) is 11.8 Å². The highest BCUT2D eigenvalue weighted by Crippen LogP contribution is 2.28. The normalized spacial score (nSPS) is 13.3. The first-order valence-electron chi connectivity index (χ1n) is 9.21. The molecule has 1 aliphatic heterocycles. The van der Waals surface area contributed by atoms with E-state index in [1.165, 1.54) is 5.56 Å². The van der Waals surface area contributed by atoms with Crippen molar-refractivity contribution in [3.05, 3.63) is 59.2 Å². The molecular formula is C22H26N2O2. The van der Waals surface area contributed by atoms with Crippen molar-refractivity contribution in [3.63, 3.8) is 0 Å². The maximum atomic E-state index is 12.9. The largest absolute Gasteiger partial charge is 0.312 e. The van der Waals surface area contributed by atoms with E-state index in [4.69, 9.17) is 0 Å². The second-order valence-corrected chi connectivity index (χ2v) is 6.94. The SMILES string of the molecule is CC(=O)N(CCC(=O)N1CCCc2ccccc21)c1c(C)cccc1C. The van der Waals surface area contributed by atoms with Crippen molar-refractivity contribution in [2.75, 3.05) is 22.9 Å². The second-order valence-electron chi connectivity index (χ2n) is 6.94. The Bertz CT molecular complexity index is 808. The molecule has 0 N–H and O–H groups in total. The first-order chi connectivity index (χ1) is 12.5. The second kappa shape index (κ2) is 7.73. The molecule has 3 rings (SSSR count). The Balaban J connectivity index is 1.77. The minimum atomic E-state index is -0.0331. The van der Waals surface area contributed by atoms with Gasteiger partial charge in [-0.25, -0.2) is 0 Å². The molecule has 2 amide bonds. The van der Waals surface area contributed by atoms with Crippen LogP contribution in [0.4, 0.5) is 11.4 Å². The third kappa shape index (κ3) is 3.64. The molecule has 2 aromatic rings. The van der Waals surface area contributed by atoms with Gasteiger partial charge in [-0.2, -0.15) is 0 Å². The summed E-state index contributed by atoms with van der Waals surface area (Å²) < 4.78 is 0. The van der Waals surface area contributed by atoms with E-state index in [0.717, 1.165) is 41.9 Å². The smallest absolute Gasteiger partial charge is 0.228 e. The molecule has 0 radical (unpaired) electrons. The Labute approximate surface area is 155 Å².